The molecule has 4 heteroatoms. The minimum atomic E-state index is -0.530. The Morgan fingerprint density at radius 2 is 1.88 bits per heavy atom. The van der Waals surface area contributed by atoms with Gasteiger partial charge >= 0.3 is 0 Å². The van der Waals surface area contributed by atoms with Crippen LogP contribution in [0.3, 0.4) is 0 Å². The monoisotopic (exact) mass is 324 g/mol. The molecule has 0 spiro atoms. The first kappa shape index (κ1) is 16.7. The van der Waals surface area contributed by atoms with Crippen molar-refractivity contribution in [3.63, 3.8) is 0 Å². The SMILES string of the molecule is O=C(NCCc1ccccn1)[C@H](OC1CCCC1)c1ccccc1. The van der Waals surface area contributed by atoms with Crippen LogP contribution in [-0.4, -0.2) is 23.5 Å². The van der Waals surface area contributed by atoms with Crippen molar-refractivity contribution in [1.29, 1.82) is 0 Å². The summed E-state index contributed by atoms with van der Waals surface area (Å²) in [5.74, 6) is -0.0657. The zero-order valence-corrected chi connectivity index (χ0v) is 13.9. The summed E-state index contributed by atoms with van der Waals surface area (Å²) in [6.45, 7) is 0.563. The van der Waals surface area contributed by atoms with Crippen molar-refractivity contribution >= 4 is 5.91 Å². The summed E-state index contributed by atoms with van der Waals surface area (Å²) in [7, 11) is 0. The van der Waals surface area contributed by atoms with Crippen LogP contribution in [0, 0.1) is 0 Å². The molecule has 0 saturated heterocycles. The smallest absolute Gasteiger partial charge is 0.253 e. The van der Waals surface area contributed by atoms with Crippen LogP contribution in [0.15, 0.2) is 54.7 Å². The molecule has 0 aliphatic heterocycles. The average Bonchev–Trinajstić information content (AvgIpc) is 3.14. The van der Waals surface area contributed by atoms with Gasteiger partial charge in [0.05, 0.1) is 6.10 Å². The molecule has 1 heterocycles. The summed E-state index contributed by atoms with van der Waals surface area (Å²) < 4.78 is 6.13. The van der Waals surface area contributed by atoms with E-state index in [1.165, 1.54) is 12.8 Å². The van der Waals surface area contributed by atoms with Crippen molar-refractivity contribution < 1.29 is 9.53 Å². The molecule has 1 N–H and O–H groups in total. The molecule has 1 atom stereocenters. The maximum atomic E-state index is 12.7. The van der Waals surface area contributed by atoms with Gasteiger partial charge in [-0.1, -0.05) is 49.2 Å². The van der Waals surface area contributed by atoms with Gasteiger partial charge in [0, 0.05) is 24.9 Å². The second-order valence-corrected chi connectivity index (χ2v) is 6.20. The highest BCUT2D eigenvalue weighted by Crippen LogP contribution is 2.28. The third-order valence-corrected chi connectivity index (χ3v) is 4.38. The molecule has 1 aliphatic rings. The molecular formula is C20H24N2O2. The third-order valence-electron chi connectivity index (χ3n) is 4.38. The molecule has 24 heavy (non-hydrogen) atoms. The fourth-order valence-corrected chi connectivity index (χ4v) is 3.09. The highest BCUT2D eigenvalue weighted by Gasteiger charge is 2.26. The predicted molar refractivity (Wildman–Crippen MR) is 93.5 cm³/mol. The van der Waals surface area contributed by atoms with Gasteiger partial charge in [0.25, 0.3) is 5.91 Å². The molecule has 1 amide bonds. The van der Waals surface area contributed by atoms with E-state index in [-0.39, 0.29) is 12.0 Å². The number of hydrogen-bond acceptors (Lipinski definition) is 3. The largest absolute Gasteiger partial charge is 0.360 e. The van der Waals surface area contributed by atoms with Crippen LogP contribution < -0.4 is 5.32 Å². The first-order valence-corrected chi connectivity index (χ1v) is 8.71. The zero-order chi connectivity index (χ0) is 16.6. The van der Waals surface area contributed by atoms with Crippen molar-refractivity contribution in [3.05, 3.63) is 66.0 Å². The number of carbonyl (C=O) groups is 1. The van der Waals surface area contributed by atoms with E-state index < -0.39 is 6.10 Å². The molecule has 0 unspecified atom stereocenters. The Hall–Kier alpha value is -2.20. The number of amides is 1. The Bertz CT molecular complexity index is 625. The molecule has 0 radical (unpaired) electrons. The number of carbonyl (C=O) groups excluding carboxylic acids is 1. The Morgan fingerprint density at radius 1 is 1.12 bits per heavy atom. The number of hydrogen-bond donors (Lipinski definition) is 1. The van der Waals surface area contributed by atoms with Crippen molar-refractivity contribution in [2.75, 3.05) is 6.54 Å². The number of ether oxygens (including phenoxy) is 1. The van der Waals surface area contributed by atoms with Crippen LogP contribution in [-0.2, 0) is 16.0 Å². The molecule has 1 aromatic heterocycles. The molecule has 1 aliphatic carbocycles. The second-order valence-electron chi connectivity index (χ2n) is 6.20. The lowest BCUT2D eigenvalue weighted by Crippen LogP contribution is -2.34. The van der Waals surface area contributed by atoms with Gasteiger partial charge in [-0.05, 0) is 30.5 Å². The third kappa shape index (κ3) is 4.65. The van der Waals surface area contributed by atoms with Crippen LogP contribution in [0.5, 0.6) is 0 Å². The van der Waals surface area contributed by atoms with Crippen LogP contribution in [0.4, 0.5) is 0 Å². The van der Waals surface area contributed by atoms with Crippen LogP contribution >= 0.6 is 0 Å². The number of nitrogens with zero attached hydrogens (tertiary/aromatic N) is 1. The number of nitrogens with one attached hydrogen (secondary N) is 1. The van der Waals surface area contributed by atoms with E-state index in [0.29, 0.717) is 6.54 Å². The predicted octanol–water partition coefficient (Wildman–Crippen LogP) is 3.44. The van der Waals surface area contributed by atoms with E-state index >= 15 is 0 Å². The lowest BCUT2D eigenvalue weighted by atomic mass is 10.1. The lowest BCUT2D eigenvalue weighted by molar-refractivity contribution is -0.137. The fourth-order valence-electron chi connectivity index (χ4n) is 3.09. The number of benzene rings is 1. The maximum Gasteiger partial charge on any atom is 0.253 e. The topological polar surface area (TPSA) is 51.2 Å². The van der Waals surface area contributed by atoms with Crippen LogP contribution in [0.25, 0.3) is 0 Å². The van der Waals surface area contributed by atoms with E-state index in [9.17, 15) is 4.79 Å². The minimum Gasteiger partial charge on any atom is -0.360 e. The maximum absolute atomic E-state index is 12.7. The Kier molecular flexibility index (Phi) is 5.96. The van der Waals surface area contributed by atoms with Crippen LogP contribution in [0.2, 0.25) is 0 Å². The van der Waals surface area contributed by atoms with Gasteiger partial charge in [-0.25, -0.2) is 0 Å². The standard InChI is InChI=1S/C20H24N2O2/c23-20(22-15-13-17-10-6-7-14-21-17)19(16-8-2-1-3-9-16)24-18-11-4-5-12-18/h1-3,6-10,14,18-19H,4-5,11-13,15H2,(H,22,23)/t19-/m1/s1. The first-order valence-electron chi connectivity index (χ1n) is 8.71. The van der Waals surface area contributed by atoms with E-state index in [1.54, 1.807) is 6.20 Å². The van der Waals surface area contributed by atoms with Gasteiger partial charge in [0.1, 0.15) is 0 Å². The molecule has 0 bridgehead atoms. The van der Waals surface area contributed by atoms with Gasteiger partial charge in [0.15, 0.2) is 6.10 Å². The molecule has 1 saturated carbocycles. The fraction of sp³-hybridized carbons (Fsp3) is 0.400. The van der Waals surface area contributed by atoms with Crippen LogP contribution in [0.1, 0.15) is 43.0 Å². The van der Waals surface area contributed by atoms with E-state index in [1.807, 2.05) is 48.5 Å². The van der Waals surface area contributed by atoms with Crippen molar-refractivity contribution in [1.82, 2.24) is 10.3 Å². The molecule has 4 nitrogen and oxygen atoms in total. The molecule has 1 fully saturated rings. The van der Waals surface area contributed by atoms with Gasteiger partial charge in [-0.15, -0.1) is 0 Å². The summed E-state index contributed by atoms with van der Waals surface area (Å²) in [4.78, 5) is 16.9. The highest BCUT2D eigenvalue weighted by molar-refractivity contribution is 5.82. The second kappa shape index (κ2) is 8.60. The Labute approximate surface area is 143 Å². The van der Waals surface area contributed by atoms with Crippen molar-refractivity contribution in [3.8, 4) is 0 Å². The van der Waals surface area contributed by atoms with Crippen molar-refractivity contribution in [2.24, 2.45) is 0 Å². The summed E-state index contributed by atoms with van der Waals surface area (Å²) in [5, 5.41) is 3.00. The summed E-state index contributed by atoms with van der Waals surface area (Å²) in [6.07, 6.45) is 6.62. The molecular weight excluding hydrogens is 300 g/mol. The average molecular weight is 324 g/mol. The van der Waals surface area contributed by atoms with Gasteiger partial charge in [-0.3, -0.25) is 9.78 Å². The first-order chi connectivity index (χ1) is 11.8. The Morgan fingerprint density at radius 3 is 2.58 bits per heavy atom. The van der Waals surface area contributed by atoms with E-state index in [4.69, 9.17) is 4.74 Å². The summed E-state index contributed by atoms with van der Waals surface area (Å²) in [6, 6.07) is 15.6. The zero-order valence-electron chi connectivity index (χ0n) is 13.9. The summed E-state index contributed by atoms with van der Waals surface area (Å²) in [5.41, 5.74) is 1.89. The summed E-state index contributed by atoms with van der Waals surface area (Å²) >= 11 is 0. The molecule has 126 valence electrons. The quantitative estimate of drug-likeness (QED) is 0.849. The highest BCUT2D eigenvalue weighted by atomic mass is 16.5. The van der Waals surface area contributed by atoms with Crippen molar-refractivity contribution in [2.45, 2.75) is 44.3 Å². The normalized spacial score (nSPS) is 16.0. The van der Waals surface area contributed by atoms with Gasteiger partial charge < -0.3 is 10.1 Å². The molecule has 3 rings (SSSR count). The number of pyridine rings is 1. The minimum absolute atomic E-state index is 0.0657. The molecule has 2 aromatic rings. The van der Waals surface area contributed by atoms with E-state index in [0.717, 1.165) is 30.5 Å². The van der Waals surface area contributed by atoms with E-state index in [2.05, 4.69) is 10.3 Å². The Balaban J connectivity index is 1.60. The van der Waals surface area contributed by atoms with Gasteiger partial charge in [0.2, 0.25) is 0 Å². The van der Waals surface area contributed by atoms with Gasteiger partial charge in [-0.2, -0.15) is 0 Å². The number of rotatable bonds is 7. The molecule has 1 aromatic carbocycles. The lowest BCUT2D eigenvalue weighted by Gasteiger charge is -2.22. The number of aromatic nitrogens is 1.